The van der Waals surface area contributed by atoms with Crippen LogP contribution in [0.4, 0.5) is 0 Å². The van der Waals surface area contributed by atoms with Crippen molar-refractivity contribution in [2.75, 3.05) is 0 Å². The molecule has 2 atom stereocenters. The second kappa shape index (κ2) is 14.9. The Labute approximate surface area is 225 Å². The fourth-order valence-electron chi connectivity index (χ4n) is 4.29. The van der Waals surface area contributed by atoms with Gasteiger partial charge in [-0.2, -0.15) is 0 Å². The van der Waals surface area contributed by atoms with Gasteiger partial charge in [0, 0.05) is 18.0 Å². The van der Waals surface area contributed by atoms with Crippen LogP contribution in [-0.4, -0.2) is 29.8 Å². The molecule has 7 nitrogen and oxygen atoms in total. The maximum absolute atomic E-state index is 13.3. The number of hydrogen-bond donors (Lipinski definition) is 3. The number of carbonyl (C=O) groups is 3. The van der Waals surface area contributed by atoms with Crippen molar-refractivity contribution in [1.29, 1.82) is 0 Å². The quantitative estimate of drug-likeness (QED) is 0.253. The number of rotatable bonds is 14. The summed E-state index contributed by atoms with van der Waals surface area (Å²) in [6.07, 6.45) is 3.03. The summed E-state index contributed by atoms with van der Waals surface area (Å²) in [6, 6.07) is 21.8. The first-order valence-electron chi connectivity index (χ1n) is 13.4. The summed E-state index contributed by atoms with van der Waals surface area (Å²) < 4.78 is 0. The molecule has 3 aromatic carbocycles. The molecular formula is C31H39N3O4. The van der Waals surface area contributed by atoms with Crippen LogP contribution in [0, 0.1) is 5.92 Å². The van der Waals surface area contributed by atoms with Crippen molar-refractivity contribution >= 4 is 28.5 Å². The molecule has 3 rings (SSSR count). The van der Waals surface area contributed by atoms with Gasteiger partial charge in [-0.15, -0.1) is 0 Å². The van der Waals surface area contributed by atoms with Crippen LogP contribution in [0.1, 0.15) is 68.8 Å². The van der Waals surface area contributed by atoms with Gasteiger partial charge in [-0.1, -0.05) is 94.3 Å². The number of benzene rings is 3. The summed E-state index contributed by atoms with van der Waals surface area (Å²) >= 11 is 0. The minimum Gasteiger partial charge on any atom is -0.351 e. The Kier molecular flexibility index (Phi) is 11.3. The van der Waals surface area contributed by atoms with E-state index in [9.17, 15) is 14.4 Å². The molecule has 0 aromatic heterocycles. The Morgan fingerprint density at radius 2 is 1.58 bits per heavy atom. The molecule has 0 aliphatic heterocycles. The van der Waals surface area contributed by atoms with Gasteiger partial charge in [0.05, 0.1) is 6.61 Å². The number of nitrogens with one attached hydrogen (secondary N) is 3. The van der Waals surface area contributed by atoms with Crippen LogP contribution in [0.25, 0.3) is 10.8 Å². The van der Waals surface area contributed by atoms with Crippen LogP contribution >= 0.6 is 0 Å². The highest BCUT2D eigenvalue weighted by molar-refractivity contribution is 6.00. The van der Waals surface area contributed by atoms with Crippen LogP contribution in [0.2, 0.25) is 0 Å². The zero-order valence-corrected chi connectivity index (χ0v) is 22.5. The van der Waals surface area contributed by atoms with E-state index in [0.717, 1.165) is 29.2 Å². The maximum Gasteiger partial charge on any atom is 0.251 e. The first kappa shape index (κ1) is 28.9. The van der Waals surface area contributed by atoms with Crippen molar-refractivity contribution in [2.24, 2.45) is 5.92 Å². The lowest BCUT2D eigenvalue weighted by Gasteiger charge is -2.24. The topological polar surface area (TPSA) is 96.5 Å². The van der Waals surface area contributed by atoms with Gasteiger partial charge in [-0.3, -0.25) is 19.2 Å². The van der Waals surface area contributed by atoms with Gasteiger partial charge in [-0.05, 0) is 47.2 Å². The minimum absolute atomic E-state index is 0.0908. The van der Waals surface area contributed by atoms with E-state index in [1.54, 1.807) is 6.07 Å². The molecule has 0 heterocycles. The van der Waals surface area contributed by atoms with E-state index < -0.39 is 6.04 Å². The molecule has 0 fully saturated rings. The Balaban J connectivity index is 1.61. The first-order chi connectivity index (χ1) is 18.4. The molecule has 0 saturated heterocycles. The highest BCUT2D eigenvalue weighted by atomic mass is 16.6. The zero-order valence-electron chi connectivity index (χ0n) is 22.5. The van der Waals surface area contributed by atoms with Crippen LogP contribution in [0.3, 0.4) is 0 Å². The Hall–Kier alpha value is -3.71. The first-order valence-corrected chi connectivity index (χ1v) is 13.4. The summed E-state index contributed by atoms with van der Waals surface area (Å²) in [6.45, 7) is 6.34. The molecule has 0 aliphatic carbocycles. The molecule has 0 unspecified atom stereocenters. The van der Waals surface area contributed by atoms with Crippen LogP contribution in [0.5, 0.6) is 0 Å². The third-order valence-corrected chi connectivity index (χ3v) is 6.29. The molecule has 3 N–H and O–H groups in total. The number of hydrogen-bond acceptors (Lipinski definition) is 4. The van der Waals surface area contributed by atoms with Gasteiger partial charge >= 0.3 is 0 Å². The Morgan fingerprint density at radius 1 is 0.868 bits per heavy atom. The van der Waals surface area contributed by atoms with E-state index in [1.807, 2.05) is 80.6 Å². The summed E-state index contributed by atoms with van der Waals surface area (Å²) in [5, 5.41) is 7.94. The molecule has 202 valence electrons. The number of hydroxylamine groups is 1. The van der Waals surface area contributed by atoms with E-state index in [0.29, 0.717) is 18.4 Å². The molecule has 0 bridgehead atoms. The molecule has 0 saturated carbocycles. The average molecular weight is 518 g/mol. The number of carbonyl (C=O) groups excluding carboxylic acids is 3. The van der Waals surface area contributed by atoms with Crippen molar-refractivity contribution in [1.82, 2.24) is 16.1 Å². The smallest absolute Gasteiger partial charge is 0.251 e. The largest absolute Gasteiger partial charge is 0.351 e. The van der Waals surface area contributed by atoms with Crippen molar-refractivity contribution in [3.8, 4) is 0 Å². The minimum atomic E-state index is -0.713. The highest BCUT2D eigenvalue weighted by Gasteiger charge is 2.26. The molecule has 0 aliphatic rings. The predicted molar refractivity (Wildman–Crippen MR) is 150 cm³/mol. The second-order valence-corrected chi connectivity index (χ2v) is 10.1. The number of amides is 3. The third kappa shape index (κ3) is 9.30. The van der Waals surface area contributed by atoms with E-state index in [-0.39, 0.29) is 42.7 Å². The summed E-state index contributed by atoms with van der Waals surface area (Å²) in [7, 11) is 0. The van der Waals surface area contributed by atoms with Gasteiger partial charge in [0.25, 0.3) is 5.91 Å². The van der Waals surface area contributed by atoms with Crippen LogP contribution in [0.15, 0.2) is 72.8 Å². The lowest BCUT2D eigenvalue weighted by atomic mass is 10.0. The van der Waals surface area contributed by atoms with E-state index in [2.05, 4.69) is 23.0 Å². The molecule has 3 aromatic rings. The van der Waals surface area contributed by atoms with E-state index in [4.69, 9.17) is 4.84 Å². The van der Waals surface area contributed by atoms with Crippen molar-refractivity contribution in [2.45, 2.75) is 71.6 Å². The van der Waals surface area contributed by atoms with Crippen LogP contribution in [-0.2, 0) is 21.0 Å². The van der Waals surface area contributed by atoms with Gasteiger partial charge in [-0.25, -0.2) is 5.48 Å². The summed E-state index contributed by atoms with van der Waals surface area (Å²) in [5.74, 6) is -0.699. The van der Waals surface area contributed by atoms with Crippen molar-refractivity contribution in [3.05, 3.63) is 83.9 Å². The summed E-state index contributed by atoms with van der Waals surface area (Å²) in [5.41, 5.74) is 3.93. The predicted octanol–water partition coefficient (Wildman–Crippen LogP) is 5.30. The average Bonchev–Trinajstić information content (AvgIpc) is 2.91. The fourth-order valence-corrected chi connectivity index (χ4v) is 4.29. The standard InChI is InChI=1S/C31H39N3O4/c1-4-5-15-27(20-29(35)34-38-21-23-11-7-6-8-12-23)32-31(37)28(18-22(2)3)33-30(36)26-17-16-24-13-9-10-14-25(24)19-26/h6-14,16-17,19,22,27-28H,4-5,15,18,20-21H2,1-3H3,(H,32,37)(H,33,36)(H,34,35)/t27-,28-/m0/s1. The summed E-state index contributed by atoms with van der Waals surface area (Å²) in [4.78, 5) is 44.3. The Bertz CT molecular complexity index is 1200. The Morgan fingerprint density at radius 3 is 2.29 bits per heavy atom. The molecule has 3 amide bonds. The molecule has 0 spiro atoms. The van der Waals surface area contributed by atoms with Crippen molar-refractivity contribution in [3.63, 3.8) is 0 Å². The molecule has 38 heavy (non-hydrogen) atoms. The SMILES string of the molecule is CCCC[C@@H](CC(=O)NOCc1ccccc1)NC(=O)[C@H](CC(C)C)NC(=O)c1ccc2ccccc2c1. The normalized spacial score (nSPS) is 12.6. The zero-order chi connectivity index (χ0) is 27.3. The highest BCUT2D eigenvalue weighted by Crippen LogP contribution is 2.16. The molecule has 0 radical (unpaired) electrons. The third-order valence-electron chi connectivity index (χ3n) is 6.29. The van der Waals surface area contributed by atoms with Gasteiger partial charge in [0.15, 0.2) is 0 Å². The van der Waals surface area contributed by atoms with Gasteiger partial charge in [0.1, 0.15) is 6.04 Å². The van der Waals surface area contributed by atoms with E-state index in [1.165, 1.54) is 0 Å². The molecule has 7 heteroatoms. The number of unbranched alkanes of at least 4 members (excludes halogenated alkanes) is 1. The molecular weight excluding hydrogens is 478 g/mol. The van der Waals surface area contributed by atoms with Gasteiger partial charge in [0.2, 0.25) is 11.8 Å². The fraction of sp³-hybridized carbons (Fsp3) is 0.387. The maximum atomic E-state index is 13.3. The second-order valence-electron chi connectivity index (χ2n) is 10.1. The van der Waals surface area contributed by atoms with E-state index >= 15 is 0 Å². The lowest BCUT2D eigenvalue weighted by molar-refractivity contribution is -0.135. The monoisotopic (exact) mass is 517 g/mol. The van der Waals surface area contributed by atoms with Gasteiger partial charge < -0.3 is 10.6 Å². The lowest BCUT2D eigenvalue weighted by Crippen LogP contribution is -2.51. The number of fused-ring (bicyclic) bond motifs is 1. The van der Waals surface area contributed by atoms with Crippen LogP contribution < -0.4 is 16.1 Å². The van der Waals surface area contributed by atoms with Crippen molar-refractivity contribution < 1.29 is 19.2 Å².